The predicted molar refractivity (Wildman–Crippen MR) is 64.9 cm³/mol. The molecule has 2 heteroatoms. The van der Waals surface area contributed by atoms with Gasteiger partial charge in [0.2, 0.25) is 0 Å². The van der Waals surface area contributed by atoms with Crippen LogP contribution < -0.4 is 10.1 Å². The zero-order valence-electron chi connectivity index (χ0n) is 10.0. The van der Waals surface area contributed by atoms with Gasteiger partial charge in [0.1, 0.15) is 5.75 Å². The van der Waals surface area contributed by atoms with Gasteiger partial charge in [-0.2, -0.15) is 0 Å². The van der Waals surface area contributed by atoms with Crippen LogP contribution in [0.5, 0.6) is 5.75 Å². The normalized spacial score (nSPS) is 23.8. The van der Waals surface area contributed by atoms with E-state index in [4.69, 9.17) is 4.74 Å². The Balaban J connectivity index is 1.95. The van der Waals surface area contributed by atoms with Crippen LogP contribution in [0.25, 0.3) is 0 Å². The summed E-state index contributed by atoms with van der Waals surface area (Å²) in [4.78, 5) is 0. The van der Waals surface area contributed by atoms with Gasteiger partial charge in [0, 0.05) is 24.1 Å². The Morgan fingerprint density at radius 1 is 1.19 bits per heavy atom. The van der Waals surface area contributed by atoms with Crippen LogP contribution >= 0.6 is 0 Å². The summed E-state index contributed by atoms with van der Waals surface area (Å²) in [5, 5.41) is 3.73. The van der Waals surface area contributed by atoms with E-state index in [2.05, 4.69) is 31.3 Å². The molecular formula is C14H19NO. The van der Waals surface area contributed by atoms with E-state index in [1.165, 1.54) is 29.5 Å². The maximum absolute atomic E-state index is 5.78. The molecule has 2 aliphatic rings. The van der Waals surface area contributed by atoms with Crippen molar-refractivity contribution in [2.75, 3.05) is 6.61 Å². The topological polar surface area (TPSA) is 21.3 Å². The van der Waals surface area contributed by atoms with Gasteiger partial charge in [0.25, 0.3) is 0 Å². The quantitative estimate of drug-likeness (QED) is 0.822. The zero-order valence-corrected chi connectivity index (χ0v) is 10.0. The van der Waals surface area contributed by atoms with E-state index in [0.29, 0.717) is 6.04 Å². The molecule has 0 aromatic heterocycles. The molecule has 1 N–H and O–H groups in total. The largest absolute Gasteiger partial charge is 0.493 e. The molecule has 1 atom stereocenters. The molecule has 1 heterocycles. The molecule has 1 aliphatic carbocycles. The first-order valence-electron chi connectivity index (χ1n) is 6.24. The first kappa shape index (κ1) is 10.2. The molecule has 86 valence electrons. The lowest BCUT2D eigenvalue weighted by atomic mass is 9.94. The second-order valence-corrected chi connectivity index (χ2v) is 5.12. The molecule has 1 aromatic carbocycles. The van der Waals surface area contributed by atoms with Gasteiger partial charge in [-0.25, -0.2) is 0 Å². The highest BCUT2D eigenvalue weighted by Gasteiger charge is 2.29. The molecule has 1 aromatic rings. The van der Waals surface area contributed by atoms with E-state index >= 15 is 0 Å². The zero-order chi connectivity index (χ0) is 11.1. The Bertz CT molecular complexity index is 409. The Morgan fingerprint density at radius 2 is 2.00 bits per heavy atom. The van der Waals surface area contributed by atoms with Gasteiger partial charge in [0.15, 0.2) is 0 Å². The SMILES string of the molecule is Cc1cc(C)c2c(c1)OCCC2NC1CC1. The fraction of sp³-hybridized carbons (Fsp3) is 0.571. The van der Waals surface area contributed by atoms with Crippen molar-refractivity contribution in [3.05, 3.63) is 28.8 Å². The van der Waals surface area contributed by atoms with Crippen LogP contribution in [0.15, 0.2) is 12.1 Å². The van der Waals surface area contributed by atoms with Crippen LogP contribution in [0.2, 0.25) is 0 Å². The Kier molecular flexibility index (Phi) is 2.40. The third-order valence-electron chi connectivity index (χ3n) is 3.52. The second-order valence-electron chi connectivity index (χ2n) is 5.12. The van der Waals surface area contributed by atoms with Gasteiger partial charge in [0.05, 0.1) is 6.61 Å². The minimum absolute atomic E-state index is 0.511. The summed E-state index contributed by atoms with van der Waals surface area (Å²) in [5.41, 5.74) is 4.06. The Morgan fingerprint density at radius 3 is 2.75 bits per heavy atom. The smallest absolute Gasteiger partial charge is 0.124 e. The predicted octanol–water partition coefficient (Wildman–Crippen LogP) is 2.88. The van der Waals surface area contributed by atoms with E-state index in [-0.39, 0.29) is 0 Å². The van der Waals surface area contributed by atoms with Gasteiger partial charge >= 0.3 is 0 Å². The molecule has 1 saturated carbocycles. The molecule has 0 bridgehead atoms. The average Bonchev–Trinajstić information content (AvgIpc) is 3.00. The summed E-state index contributed by atoms with van der Waals surface area (Å²) in [6, 6.07) is 5.70. The molecule has 0 amide bonds. The van der Waals surface area contributed by atoms with E-state index < -0.39 is 0 Å². The molecule has 1 aliphatic heterocycles. The van der Waals surface area contributed by atoms with Crippen molar-refractivity contribution in [2.45, 2.75) is 45.2 Å². The van der Waals surface area contributed by atoms with Crippen LogP contribution in [0.4, 0.5) is 0 Å². The van der Waals surface area contributed by atoms with Crippen LogP contribution in [0.1, 0.15) is 42.0 Å². The fourth-order valence-electron chi connectivity index (χ4n) is 2.64. The highest BCUT2D eigenvalue weighted by atomic mass is 16.5. The maximum atomic E-state index is 5.78. The number of nitrogens with one attached hydrogen (secondary N) is 1. The number of rotatable bonds is 2. The Labute approximate surface area is 97.0 Å². The molecule has 16 heavy (non-hydrogen) atoms. The lowest BCUT2D eigenvalue weighted by Crippen LogP contribution is -2.29. The standard InChI is InChI=1S/C14H19NO/c1-9-7-10(2)14-12(15-11-3-4-11)5-6-16-13(14)8-9/h7-8,11-12,15H,3-6H2,1-2H3. The van der Waals surface area contributed by atoms with Gasteiger partial charge < -0.3 is 10.1 Å². The summed E-state index contributed by atoms with van der Waals surface area (Å²) in [6.45, 7) is 5.18. The minimum atomic E-state index is 0.511. The first-order chi connectivity index (χ1) is 7.74. The van der Waals surface area contributed by atoms with E-state index in [9.17, 15) is 0 Å². The lowest BCUT2D eigenvalue weighted by Gasteiger charge is -2.29. The minimum Gasteiger partial charge on any atom is -0.493 e. The number of aryl methyl sites for hydroxylation is 2. The first-order valence-corrected chi connectivity index (χ1v) is 6.24. The van der Waals surface area contributed by atoms with Crippen molar-refractivity contribution in [3.63, 3.8) is 0 Å². The summed E-state index contributed by atoms with van der Waals surface area (Å²) in [6.07, 6.45) is 3.79. The molecule has 0 spiro atoms. The van der Waals surface area contributed by atoms with Crippen molar-refractivity contribution in [1.29, 1.82) is 0 Å². The fourth-order valence-corrected chi connectivity index (χ4v) is 2.64. The summed E-state index contributed by atoms with van der Waals surface area (Å²) in [5.74, 6) is 1.10. The molecule has 3 rings (SSSR count). The van der Waals surface area contributed by atoms with Crippen molar-refractivity contribution in [1.82, 2.24) is 5.32 Å². The summed E-state index contributed by atoms with van der Waals surface area (Å²) in [7, 11) is 0. The van der Waals surface area contributed by atoms with Crippen molar-refractivity contribution >= 4 is 0 Å². The van der Waals surface area contributed by atoms with Crippen LogP contribution in [-0.4, -0.2) is 12.6 Å². The molecule has 1 unspecified atom stereocenters. The monoisotopic (exact) mass is 217 g/mol. The van der Waals surface area contributed by atoms with Crippen molar-refractivity contribution < 1.29 is 4.74 Å². The highest BCUT2D eigenvalue weighted by Crippen LogP contribution is 2.37. The molecule has 0 saturated heterocycles. The molecular weight excluding hydrogens is 198 g/mol. The second kappa shape index (κ2) is 3.77. The number of benzene rings is 1. The molecule has 0 radical (unpaired) electrons. The van der Waals surface area contributed by atoms with Crippen LogP contribution in [-0.2, 0) is 0 Å². The Hall–Kier alpha value is -1.02. The number of fused-ring (bicyclic) bond motifs is 1. The highest BCUT2D eigenvalue weighted by molar-refractivity contribution is 5.46. The van der Waals surface area contributed by atoms with Crippen molar-refractivity contribution in [2.24, 2.45) is 0 Å². The average molecular weight is 217 g/mol. The number of hydrogen-bond donors (Lipinski definition) is 1. The summed E-state index contributed by atoms with van der Waals surface area (Å²) < 4.78 is 5.78. The number of hydrogen-bond acceptors (Lipinski definition) is 2. The lowest BCUT2D eigenvalue weighted by molar-refractivity contribution is 0.251. The molecule has 1 fully saturated rings. The molecule has 2 nitrogen and oxygen atoms in total. The van der Waals surface area contributed by atoms with E-state index in [1.54, 1.807) is 0 Å². The third kappa shape index (κ3) is 1.82. The van der Waals surface area contributed by atoms with Crippen LogP contribution in [0, 0.1) is 13.8 Å². The van der Waals surface area contributed by atoms with Crippen molar-refractivity contribution in [3.8, 4) is 5.75 Å². The number of ether oxygens (including phenoxy) is 1. The van der Waals surface area contributed by atoms with Gasteiger partial charge in [-0.15, -0.1) is 0 Å². The van der Waals surface area contributed by atoms with E-state index in [1.807, 2.05) is 0 Å². The van der Waals surface area contributed by atoms with Gasteiger partial charge in [-0.05, 0) is 43.9 Å². The van der Waals surface area contributed by atoms with Gasteiger partial charge in [-0.1, -0.05) is 6.07 Å². The van der Waals surface area contributed by atoms with E-state index in [0.717, 1.165) is 24.8 Å². The maximum Gasteiger partial charge on any atom is 0.124 e. The van der Waals surface area contributed by atoms with Crippen LogP contribution in [0.3, 0.4) is 0 Å². The summed E-state index contributed by atoms with van der Waals surface area (Å²) >= 11 is 0. The third-order valence-corrected chi connectivity index (χ3v) is 3.52. The van der Waals surface area contributed by atoms with Gasteiger partial charge in [-0.3, -0.25) is 0 Å².